The van der Waals surface area contributed by atoms with Crippen molar-refractivity contribution >= 4 is 17.5 Å². The number of carbonyl (C=O) groups excluding carboxylic acids is 2. The minimum atomic E-state index is -0.253. The summed E-state index contributed by atoms with van der Waals surface area (Å²) in [5.74, 6) is -0.114. The van der Waals surface area contributed by atoms with Gasteiger partial charge in [0.15, 0.2) is 11.5 Å². The molecule has 0 bridgehead atoms. The Labute approximate surface area is 154 Å². The van der Waals surface area contributed by atoms with E-state index in [1.165, 1.54) is 0 Å². The zero-order chi connectivity index (χ0) is 18.7. The zero-order valence-electron chi connectivity index (χ0n) is 15.7. The van der Waals surface area contributed by atoms with Gasteiger partial charge in [0.05, 0.1) is 5.69 Å². The molecular formula is C20H26N4O2. The molecule has 1 aromatic heterocycles. The first kappa shape index (κ1) is 18.2. The standard InChI is InChI=1S/C20H26N4O2/c1-4-10-21-20(26)18-23-17(16-7-5-6-11-24(16)18)19(25)22-15-9-8-13(2)12-14(15)3/h8-9,12H,4-7,10-11H2,1-3H3,(H,21,26)(H,22,25). The number of rotatable bonds is 5. The van der Waals surface area contributed by atoms with Crippen LogP contribution >= 0.6 is 0 Å². The van der Waals surface area contributed by atoms with Crippen molar-refractivity contribution in [3.63, 3.8) is 0 Å². The van der Waals surface area contributed by atoms with Crippen LogP contribution in [0.5, 0.6) is 0 Å². The van der Waals surface area contributed by atoms with E-state index in [-0.39, 0.29) is 11.8 Å². The highest BCUT2D eigenvalue weighted by atomic mass is 16.2. The molecule has 2 aromatic rings. The molecule has 1 aliphatic heterocycles. The zero-order valence-corrected chi connectivity index (χ0v) is 15.7. The number of nitrogens with zero attached hydrogens (tertiary/aromatic N) is 2. The molecule has 0 aliphatic carbocycles. The third kappa shape index (κ3) is 3.64. The Balaban J connectivity index is 1.90. The van der Waals surface area contributed by atoms with E-state index in [0.717, 1.165) is 54.7 Å². The van der Waals surface area contributed by atoms with Crippen LogP contribution in [-0.2, 0) is 13.0 Å². The molecule has 0 spiro atoms. The van der Waals surface area contributed by atoms with E-state index in [9.17, 15) is 9.59 Å². The Morgan fingerprint density at radius 3 is 2.73 bits per heavy atom. The van der Waals surface area contributed by atoms with Crippen LogP contribution in [0.4, 0.5) is 5.69 Å². The van der Waals surface area contributed by atoms with Gasteiger partial charge in [-0.15, -0.1) is 0 Å². The molecule has 0 saturated heterocycles. The molecule has 6 nitrogen and oxygen atoms in total. The number of hydrogen-bond donors (Lipinski definition) is 2. The molecule has 0 saturated carbocycles. The van der Waals surface area contributed by atoms with Crippen LogP contribution in [0.3, 0.4) is 0 Å². The highest BCUT2D eigenvalue weighted by Crippen LogP contribution is 2.23. The minimum Gasteiger partial charge on any atom is -0.349 e. The van der Waals surface area contributed by atoms with Gasteiger partial charge in [0.1, 0.15) is 0 Å². The third-order valence-electron chi connectivity index (χ3n) is 4.70. The van der Waals surface area contributed by atoms with E-state index in [4.69, 9.17) is 0 Å². The maximum atomic E-state index is 12.9. The fourth-order valence-electron chi connectivity index (χ4n) is 3.35. The van der Waals surface area contributed by atoms with Crippen LogP contribution in [0.1, 0.15) is 64.1 Å². The summed E-state index contributed by atoms with van der Waals surface area (Å²) >= 11 is 0. The lowest BCUT2D eigenvalue weighted by molar-refractivity contribution is 0.0937. The SMILES string of the molecule is CCCNC(=O)c1nc(C(=O)Nc2ccc(C)cc2C)c2n1CCCC2. The number of amides is 2. The second-order valence-electron chi connectivity index (χ2n) is 6.87. The van der Waals surface area contributed by atoms with Crippen molar-refractivity contribution in [2.75, 3.05) is 11.9 Å². The molecular weight excluding hydrogens is 328 g/mol. The van der Waals surface area contributed by atoms with Gasteiger partial charge in [0, 0.05) is 18.8 Å². The Kier molecular flexibility index (Phi) is 5.40. The Morgan fingerprint density at radius 2 is 2.00 bits per heavy atom. The lowest BCUT2D eigenvalue weighted by Crippen LogP contribution is -2.28. The molecule has 1 aromatic carbocycles. The largest absolute Gasteiger partial charge is 0.349 e. The lowest BCUT2D eigenvalue weighted by atomic mass is 10.1. The van der Waals surface area contributed by atoms with E-state index in [2.05, 4.69) is 15.6 Å². The van der Waals surface area contributed by atoms with E-state index >= 15 is 0 Å². The first-order valence-corrected chi connectivity index (χ1v) is 9.27. The van der Waals surface area contributed by atoms with E-state index < -0.39 is 0 Å². The second-order valence-corrected chi connectivity index (χ2v) is 6.87. The van der Waals surface area contributed by atoms with Gasteiger partial charge in [-0.1, -0.05) is 24.6 Å². The van der Waals surface area contributed by atoms with Gasteiger partial charge in [-0.2, -0.15) is 0 Å². The lowest BCUT2D eigenvalue weighted by Gasteiger charge is -2.17. The van der Waals surface area contributed by atoms with Gasteiger partial charge >= 0.3 is 0 Å². The van der Waals surface area contributed by atoms with Gasteiger partial charge in [0.25, 0.3) is 11.8 Å². The number of anilines is 1. The molecule has 0 fully saturated rings. The Morgan fingerprint density at radius 1 is 1.19 bits per heavy atom. The van der Waals surface area contributed by atoms with Crippen LogP contribution in [-0.4, -0.2) is 27.9 Å². The summed E-state index contributed by atoms with van der Waals surface area (Å²) in [6.07, 6.45) is 3.63. The molecule has 2 amide bonds. The van der Waals surface area contributed by atoms with Crippen LogP contribution in [0, 0.1) is 13.8 Å². The van der Waals surface area contributed by atoms with E-state index in [1.807, 2.05) is 43.5 Å². The number of fused-ring (bicyclic) bond motifs is 1. The van der Waals surface area contributed by atoms with Gasteiger partial charge in [-0.3, -0.25) is 9.59 Å². The number of aryl methyl sites for hydroxylation is 2. The summed E-state index contributed by atoms with van der Waals surface area (Å²) < 4.78 is 1.91. The van der Waals surface area contributed by atoms with Crippen molar-refractivity contribution in [3.05, 3.63) is 46.5 Å². The molecule has 3 rings (SSSR count). The number of hydrogen-bond acceptors (Lipinski definition) is 3. The summed E-state index contributed by atoms with van der Waals surface area (Å²) in [5.41, 5.74) is 4.16. The molecule has 2 N–H and O–H groups in total. The number of nitrogens with one attached hydrogen (secondary N) is 2. The van der Waals surface area contributed by atoms with Crippen LogP contribution in [0.2, 0.25) is 0 Å². The summed E-state index contributed by atoms with van der Waals surface area (Å²) in [6, 6.07) is 5.90. The minimum absolute atomic E-state index is 0.208. The third-order valence-corrected chi connectivity index (χ3v) is 4.70. The van der Waals surface area contributed by atoms with Crippen molar-refractivity contribution in [2.45, 2.75) is 53.0 Å². The average Bonchev–Trinajstić information content (AvgIpc) is 3.02. The number of benzene rings is 1. The van der Waals surface area contributed by atoms with Crippen molar-refractivity contribution in [1.82, 2.24) is 14.9 Å². The number of imidazole rings is 1. The van der Waals surface area contributed by atoms with Crippen molar-refractivity contribution in [3.8, 4) is 0 Å². The van der Waals surface area contributed by atoms with Crippen LogP contribution in [0.25, 0.3) is 0 Å². The normalized spacial score (nSPS) is 13.2. The first-order chi connectivity index (χ1) is 12.5. The van der Waals surface area contributed by atoms with E-state index in [1.54, 1.807) is 0 Å². The second kappa shape index (κ2) is 7.72. The fraction of sp³-hybridized carbons (Fsp3) is 0.450. The highest BCUT2D eigenvalue weighted by molar-refractivity contribution is 6.05. The monoisotopic (exact) mass is 354 g/mol. The Hall–Kier alpha value is -2.63. The number of carbonyl (C=O) groups is 2. The molecule has 0 unspecified atom stereocenters. The van der Waals surface area contributed by atoms with Crippen LogP contribution < -0.4 is 10.6 Å². The summed E-state index contributed by atoms with van der Waals surface area (Å²) in [7, 11) is 0. The molecule has 2 heterocycles. The quantitative estimate of drug-likeness (QED) is 0.865. The molecule has 6 heteroatoms. The summed E-state index contributed by atoms with van der Waals surface area (Å²) in [6.45, 7) is 7.32. The maximum Gasteiger partial charge on any atom is 0.287 e. The van der Waals surface area contributed by atoms with Crippen molar-refractivity contribution in [2.24, 2.45) is 0 Å². The molecule has 0 radical (unpaired) electrons. The van der Waals surface area contributed by atoms with Crippen molar-refractivity contribution < 1.29 is 9.59 Å². The van der Waals surface area contributed by atoms with E-state index in [0.29, 0.717) is 18.1 Å². The average molecular weight is 354 g/mol. The molecule has 138 valence electrons. The molecule has 0 atom stereocenters. The van der Waals surface area contributed by atoms with Crippen molar-refractivity contribution in [1.29, 1.82) is 0 Å². The van der Waals surface area contributed by atoms with Gasteiger partial charge in [-0.05, 0) is 51.2 Å². The fourth-order valence-corrected chi connectivity index (χ4v) is 3.35. The van der Waals surface area contributed by atoms with Gasteiger partial charge < -0.3 is 15.2 Å². The van der Waals surface area contributed by atoms with Crippen LogP contribution in [0.15, 0.2) is 18.2 Å². The maximum absolute atomic E-state index is 12.9. The Bertz CT molecular complexity index is 839. The van der Waals surface area contributed by atoms with Gasteiger partial charge in [0.2, 0.25) is 0 Å². The van der Waals surface area contributed by atoms with Gasteiger partial charge in [-0.25, -0.2) is 4.98 Å². The number of aromatic nitrogens is 2. The first-order valence-electron chi connectivity index (χ1n) is 9.27. The highest BCUT2D eigenvalue weighted by Gasteiger charge is 2.27. The molecule has 1 aliphatic rings. The molecule has 26 heavy (non-hydrogen) atoms. The smallest absolute Gasteiger partial charge is 0.287 e. The predicted molar refractivity (Wildman–Crippen MR) is 102 cm³/mol. The topological polar surface area (TPSA) is 76.0 Å². The summed E-state index contributed by atoms with van der Waals surface area (Å²) in [4.78, 5) is 29.7. The summed E-state index contributed by atoms with van der Waals surface area (Å²) in [5, 5.41) is 5.81. The predicted octanol–water partition coefficient (Wildman–Crippen LogP) is 3.23.